The Bertz CT molecular complexity index is 958. The molecule has 0 aromatic heterocycles. The number of nitrogens with one attached hydrogen (secondary N) is 1. The van der Waals surface area contributed by atoms with Crippen molar-refractivity contribution in [2.24, 2.45) is 0 Å². The Labute approximate surface area is 159 Å². The molecule has 0 spiro atoms. The van der Waals surface area contributed by atoms with Crippen LogP contribution in [0.2, 0.25) is 5.02 Å². The van der Waals surface area contributed by atoms with Crippen molar-refractivity contribution in [2.45, 2.75) is 0 Å². The van der Waals surface area contributed by atoms with Crippen LogP contribution in [-0.4, -0.2) is 29.1 Å². The van der Waals surface area contributed by atoms with E-state index < -0.39 is 11.8 Å². The molecular formula is C18H13ClN2O4S. The van der Waals surface area contributed by atoms with Crippen LogP contribution in [0.1, 0.15) is 5.56 Å². The first-order valence-electron chi connectivity index (χ1n) is 7.45. The van der Waals surface area contributed by atoms with Crippen LogP contribution in [0.25, 0.3) is 6.08 Å². The van der Waals surface area contributed by atoms with Gasteiger partial charge in [-0.25, -0.2) is 4.90 Å². The molecule has 3 rings (SSSR count). The van der Waals surface area contributed by atoms with Crippen molar-refractivity contribution in [2.75, 3.05) is 12.0 Å². The van der Waals surface area contributed by atoms with Crippen LogP contribution in [0.4, 0.5) is 5.69 Å². The fraction of sp³-hybridized carbons (Fsp3) is 0.0556. The van der Waals surface area contributed by atoms with Gasteiger partial charge in [-0.05, 0) is 48.1 Å². The number of phenols is 1. The van der Waals surface area contributed by atoms with Gasteiger partial charge in [0.05, 0.1) is 17.8 Å². The molecule has 2 amide bonds. The van der Waals surface area contributed by atoms with E-state index in [4.69, 9.17) is 28.6 Å². The zero-order valence-electron chi connectivity index (χ0n) is 13.5. The molecule has 8 heteroatoms. The molecule has 132 valence electrons. The number of rotatable bonds is 3. The highest BCUT2D eigenvalue weighted by Crippen LogP contribution is 2.31. The third-order valence-corrected chi connectivity index (χ3v) is 4.30. The Balaban J connectivity index is 2.05. The number of benzene rings is 2. The maximum Gasteiger partial charge on any atom is 0.270 e. The molecule has 1 saturated heterocycles. The molecule has 26 heavy (non-hydrogen) atoms. The number of hydrogen-bond donors (Lipinski definition) is 2. The molecule has 0 unspecified atom stereocenters. The topological polar surface area (TPSA) is 78.9 Å². The fourth-order valence-corrected chi connectivity index (χ4v) is 2.93. The van der Waals surface area contributed by atoms with Gasteiger partial charge in [-0.1, -0.05) is 29.8 Å². The minimum atomic E-state index is -0.615. The SMILES string of the molecule is COc1ccccc1N1C(=O)/C(=C\c2ccc(O)c(Cl)c2)C(=O)NC1=S. The smallest absolute Gasteiger partial charge is 0.270 e. The second-order valence-electron chi connectivity index (χ2n) is 5.34. The number of nitrogens with zero attached hydrogens (tertiary/aromatic N) is 1. The van der Waals surface area contributed by atoms with Crippen LogP contribution < -0.4 is 15.0 Å². The van der Waals surface area contributed by atoms with Gasteiger partial charge in [0.2, 0.25) is 0 Å². The van der Waals surface area contributed by atoms with Gasteiger partial charge in [0, 0.05) is 0 Å². The van der Waals surface area contributed by atoms with E-state index in [0.29, 0.717) is 17.0 Å². The summed E-state index contributed by atoms with van der Waals surface area (Å²) in [4.78, 5) is 26.4. The maximum absolute atomic E-state index is 12.9. The molecule has 2 aromatic carbocycles. The molecule has 1 fully saturated rings. The van der Waals surface area contributed by atoms with Crippen molar-refractivity contribution < 1.29 is 19.4 Å². The van der Waals surface area contributed by atoms with Crippen molar-refractivity contribution in [3.63, 3.8) is 0 Å². The number of amides is 2. The lowest BCUT2D eigenvalue weighted by Gasteiger charge is -2.29. The molecule has 0 radical (unpaired) electrons. The molecule has 0 aliphatic carbocycles. The molecule has 1 aliphatic rings. The summed E-state index contributed by atoms with van der Waals surface area (Å²) in [6.07, 6.45) is 1.38. The first-order valence-corrected chi connectivity index (χ1v) is 8.24. The lowest BCUT2D eigenvalue weighted by Crippen LogP contribution is -2.54. The standard InChI is InChI=1S/C18H13ClN2O4S/c1-25-15-5-3-2-4-13(15)21-17(24)11(16(23)20-18(21)26)8-10-6-7-14(22)12(19)9-10/h2-9,22H,1H3,(H,20,23,26)/b11-8-. The van der Waals surface area contributed by atoms with Gasteiger partial charge in [0.25, 0.3) is 11.8 Å². The minimum absolute atomic E-state index is 0.0367. The number of ether oxygens (including phenoxy) is 1. The summed E-state index contributed by atoms with van der Waals surface area (Å²) in [7, 11) is 1.48. The number of anilines is 1. The lowest BCUT2D eigenvalue weighted by atomic mass is 10.1. The molecule has 0 atom stereocenters. The van der Waals surface area contributed by atoms with Gasteiger partial charge >= 0.3 is 0 Å². The fourth-order valence-electron chi connectivity index (χ4n) is 2.47. The molecule has 1 heterocycles. The maximum atomic E-state index is 12.9. The first kappa shape index (κ1) is 17.9. The van der Waals surface area contributed by atoms with Crippen molar-refractivity contribution in [3.05, 3.63) is 58.6 Å². The van der Waals surface area contributed by atoms with Crippen molar-refractivity contribution in [1.29, 1.82) is 0 Å². The predicted octanol–water partition coefficient (Wildman–Crippen LogP) is 2.89. The van der Waals surface area contributed by atoms with E-state index in [1.54, 1.807) is 24.3 Å². The Kier molecular flexibility index (Phi) is 4.92. The monoisotopic (exact) mass is 388 g/mol. The minimum Gasteiger partial charge on any atom is -0.506 e. The Hall–Kier alpha value is -2.90. The second kappa shape index (κ2) is 7.15. The third kappa shape index (κ3) is 3.26. The summed E-state index contributed by atoms with van der Waals surface area (Å²) >= 11 is 11.0. The summed E-state index contributed by atoms with van der Waals surface area (Å²) in [5, 5.41) is 12.1. The predicted molar refractivity (Wildman–Crippen MR) is 102 cm³/mol. The van der Waals surface area contributed by atoms with E-state index in [-0.39, 0.29) is 21.5 Å². The van der Waals surface area contributed by atoms with Crippen molar-refractivity contribution in [3.8, 4) is 11.5 Å². The molecule has 2 N–H and O–H groups in total. The highest BCUT2D eigenvalue weighted by atomic mass is 35.5. The molecular weight excluding hydrogens is 376 g/mol. The number of hydrogen-bond acceptors (Lipinski definition) is 5. The number of aromatic hydroxyl groups is 1. The quantitative estimate of drug-likeness (QED) is 0.480. The van der Waals surface area contributed by atoms with Crippen LogP contribution >= 0.6 is 23.8 Å². The average molecular weight is 389 g/mol. The summed E-state index contributed by atoms with van der Waals surface area (Å²) < 4.78 is 5.27. The van der Waals surface area contributed by atoms with E-state index in [1.165, 1.54) is 36.3 Å². The van der Waals surface area contributed by atoms with Crippen LogP contribution in [-0.2, 0) is 9.59 Å². The number of phenolic OH excluding ortho intramolecular Hbond substituents is 1. The van der Waals surface area contributed by atoms with Gasteiger partial charge < -0.3 is 9.84 Å². The summed E-state index contributed by atoms with van der Waals surface area (Å²) in [5.41, 5.74) is 0.782. The van der Waals surface area contributed by atoms with E-state index in [2.05, 4.69) is 5.32 Å². The normalized spacial score (nSPS) is 16.0. The number of para-hydroxylation sites is 2. The number of carbonyl (C=O) groups excluding carboxylic acids is 2. The molecule has 1 aliphatic heterocycles. The van der Waals surface area contributed by atoms with Crippen LogP contribution in [0.15, 0.2) is 48.0 Å². The number of methoxy groups -OCH3 is 1. The Morgan fingerprint density at radius 1 is 1.23 bits per heavy atom. The molecule has 0 bridgehead atoms. The van der Waals surface area contributed by atoms with Crippen LogP contribution in [0.3, 0.4) is 0 Å². The number of thiocarbonyl (C=S) groups is 1. The number of halogens is 1. The van der Waals surface area contributed by atoms with E-state index >= 15 is 0 Å². The zero-order valence-corrected chi connectivity index (χ0v) is 15.1. The lowest BCUT2D eigenvalue weighted by molar-refractivity contribution is -0.122. The summed E-state index contributed by atoms with van der Waals surface area (Å²) in [5.74, 6) is -0.862. The summed E-state index contributed by atoms with van der Waals surface area (Å²) in [6, 6.07) is 11.2. The van der Waals surface area contributed by atoms with Gasteiger partial charge in [-0.2, -0.15) is 0 Å². The molecule has 0 saturated carbocycles. The van der Waals surface area contributed by atoms with Gasteiger partial charge in [0.1, 0.15) is 17.1 Å². The highest BCUT2D eigenvalue weighted by Gasteiger charge is 2.35. The van der Waals surface area contributed by atoms with Gasteiger partial charge in [0.15, 0.2) is 5.11 Å². The molecule has 6 nitrogen and oxygen atoms in total. The first-order chi connectivity index (χ1) is 12.4. The third-order valence-electron chi connectivity index (χ3n) is 3.71. The van der Waals surface area contributed by atoms with Crippen molar-refractivity contribution in [1.82, 2.24) is 5.32 Å². The van der Waals surface area contributed by atoms with Crippen molar-refractivity contribution >= 4 is 52.5 Å². The Morgan fingerprint density at radius 3 is 2.65 bits per heavy atom. The highest BCUT2D eigenvalue weighted by molar-refractivity contribution is 7.80. The van der Waals surface area contributed by atoms with Crippen LogP contribution in [0.5, 0.6) is 11.5 Å². The largest absolute Gasteiger partial charge is 0.506 e. The summed E-state index contributed by atoms with van der Waals surface area (Å²) in [6.45, 7) is 0. The van der Waals surface area contributed by atoms with E-state index in [1.807, 2.05) is 0 Å². The Morgan fingerprint density at radius 2 is 1.96 bits per heavy atom. The van der Waals surface area contributed by atoms with Crippen LogP contribution in [0, 0.1) is 0 Å². The second-order valence-corrected chi connectivity index (χ2v) is 6.13. The zero-order chi connectivity index (χ0) is 18.8. The van der Waals surface area contributed by atoms with E-state index in [9.17, 15) is 14.7 Å². The van der Waals surface area contributed by atoms with Gasteiger partial charge in [-0.15, -0.1) is 0 Å². The number of carbonyl (C=O) groups is 2. The average Bonchev–Trinajstić information content (AvgIpc) is 2.62. The van der Waals surface area contributed by atoms with Gasteiger partial charge in [-0.3, -0.25) is 14.9 Å². The molecule has 2 aromatic rings. The van der Waals surface area contributed by atoms with E-state index in [0.717, 1.165) is 0 Å².